The van der Waals surface area contributed by atoms with Crippen molar-refractivity contribution in [2.75, 3.05) is 6.61 Å². The van der Waals surface area contributed by atoms with Gasteiger partial charge in [0, 0.05) is 12.3 Å². The quantitative estimate of drug-likeness (QED) is 0.726. The van der Waals surface area contributed by atoms with Crippen LogP contribution in [0.4, 0.5) is 0 Å². The first-order valence-corrected chi connectivity index (χ1v) is 4.96. The summed E-state index contributed by atoms with van der Waals surface area (Å²) in [5.74, 6) is 0.536. The van der Waals surface area contributed by atoms with Crippen molar-refractivity contribution in [2.45, 2.75) is 27.2 Å². The van der Waals surface area contributed by atoms with Crippen LogP contribution in [0, 0.1) is 5.41 Å². The van der Waals surface area contributed by atoms with Crippen LogP contribution < -0.4 is 4.74 Å². The van der Waals surface area contributed by atoms with Crippen molar-refractivity contribution in [3.05, 3.63) is 17.5 Å². The van der Waals surface area contributed by atoms with Crippen molar-refractivity contribution in [1.82, 2.24) is 9.97 Å². The van der Waals surface area contributed by atoms with Crippen LogP contribution in [0.15, 0.2) is 12.3 Å². The fourth-order valence-corrected chi connectivity index (χ4v) is 1.00. The van der Waals surface area contributed by atoms with Gasteiger partial charge in [-0.1, -0.05) is 20.8 Å². The Balaban J connectivity index is 2.39. The highest BCUT2D eigenvalue weighted by Gasteiger charge is 2.10. The average molecular weight is 215 g/mol. The molecule has 0 saturated heterocycles. The molecule has 0 aromatic carbocycles. The van der Waals surface area contributed by atoms with Gasteiger partial charge in [0.15, 0.2) is 0 Å². The summed E-state index contributed by atoms with van der Waals surface area (Å²) in [4.78, 5) is 7.70. The summed E-state index contributed by atoms with van der Waals surface area (Å²) in [6.07, 6.45) is 2.57. The molecule has 1 aromatic heterocycles. The van der Waals surface area contributed by atoms with Crippen molar-refractivity contribution in [2.24, 2.45) is 5.41 Å². The van der Waals surface area contributed by atoms with Crippen molar-refractivity contribution in [1.29, 1.82) is 0 Å². The molecular weight excluding hydrogens is 200 g/mol. The van der Waals surface area contributed by atoms with Crippen LogP contribution in [0.2, 0.25) is 5.28 Å². The zero-order valence-corrected chi connectivity index (χ0v) is 9.51. The molecule has 1 heterocycles. The number of nitrogens with zero attached hydrogens (tertiary/aromatic N) is 2. The van der Waals surface area contributed by atoms with Gasteiger partial charge in [0.2, 0.25) is 11.2 Å². The molecule has 1 aromatic rings. The Hall–Kier alpha value is -0.830. The smallest absolute Gasteiger partial charge is 0.225 e. The normalized spacial score (nSPS) is 11.4. The molecule has 0 amide bonds. The van der Waals surface area contributed by atoms with Gasteiger partial charge in [-0.25, -0.2) is 4.98 Å². The largest absolute Gasteiger partial charge is 0.478 e. The van der Waals surface area contributed by atoms with Crippen LogP contribution in [-0.2, 0) is 0 Å². The molecule has 0 saturated carbocycles. The third-order valence-electron chi connectivity index (χ3n) is 1.70. The summed E-state index contributed by atoms with van der Waals surface area (Å²) in [5, 5.41) is 0.221. The van der Waals surface area contributed by atoms with Gasteiger partial charge in [-0.2, -0.15) is 4.98 Å². The molecule has 3 nitrogen and oxygen atoms in total. The maximum absolute atomic E-state index is 5.61. The Kier molecular flexibility index (Phi) is 3.69. The first-order chi connectivity index (χ1) is 6.47. The molecule has 0 N–H and O–H groups in total. The van der Waals surface area contributed by atoms with Crippen molar-refractivity contribution < 1.29 is 4.74 Å². The van der Waals surface area contributed by atoms with E-state index in [9.17, 15) is 0 Å². The zero-order valence-electron chi connectivity index (χ0n) is 8.75. The lowest BCUT2D eigenvalue weighted by Crippen LogP contribution is -2.11. The van der Waals surface area contributed by atoms with E-state index < -0.39 is 0 Å². The number of hydrogen-bond acceptors (Lipinski definition) is 3. The van der Waals surface area contributed by atoms with E-state index in [0.717, 1.165) is 6.42 Å². The topological polar surface area (TPSA) is 35.0 Å². The lowest BCUT2D eigenvalue weighted by molar-refractivity contribution is 0.236. The van der Waals surface area contributed by atoms with Crippen LogP contribution in [0.3, 0.4) is 0 Å². The summed E-state index contributed by atoms with van der Waals surface area (Å²) < 4.78 is 5.43. The molecule has 0 bridgehead atoms. The van der Waals surface area contributed by atoms with E-state index in [1.807, 2.05) is 0 Å². The zero-order chi connectivity index (χ0) is 10.6. The Morgan fingerprint density at radius 2 is 2.14 bits per heavy atom. The molecule has 0 fully saturated rings. The number of aromatic nitrogens is 2. The highest BCUT2D eigenvalue weighted by atomic mass is 35.5. The molecule has 0 spiro atoms. The molecule has 0 atom stereocenters. The first kappa shape index (κ1) is 11.2. The standard InChI is InChI=1S/C10H15ClN2O/c1-10(2,3)5-7-14-8-4-6-12-9(11)13-8/h4,6H,5,7H2,1-3H3. The van der Waals surface area contributed by atoms with Gasteiger partial charge in [0.05, 0.1) is 6.61 Å². The summed E-state index contributed by atoms with van der Waals surface area (Å²) in [5.41, 5.74) is 0.275. The SMILES string of the molecule is CC(C)(C)CCOc1ccnc(Cl)n1. The van der Waals surface area contributed by atoms with Crippen LogP contribution >= 0.6 is 11.6 Å². The number of halogens is 1. The number of hydrogen-bond donors (Lipinski definition) is 0. The lowest BCUT2D eigenvalue weighted by Gasteiger charge is -2.17. The minimum absolute atomic E-state index is 0.221. The van der Waals surface area contributed by atoms with E-state index in [4.69, 9.17) is 16.3 Å². The molecule has 0 unspecified atom stereocenters. The van der Waals surface area contributed by atoms with Gasteiger partial charge >= 0.3 is 0 Å². The van der Waals surface area contributed by atoms with Gasteiger partial charge in [-0.15, -0.1) is 0 Å². The van der Waals surface area contributed by atoms with Gasteiger partial charge in [0.1, 0.15) is 0 Å². The summed E-state index contributed by atoms with van der Waals surface area (Å²) in [6, 6.07) is 1.70. The second kappa shape index (κ2) is 4.60. The molecule has 4 heteroatoms. The highest BCUT2D eigenvalue weighted by molar-refractivity contribution is 6.28. The second-order valence-electron chi connectivity index (χ2n) is 4.32. The van der Waals surface area contributed by atoms with Gasteiger partial charge in [-0.05, 0) is 23.4 Å². The maximum atomic E-state index is 5.61. The molecule has 0 aliphatic carbocycles. The third kappa shape index (κ3) is 4.42. The molecule has 78 valence electrons. The van der Waals surface area contributed by atoms with Crippen LogP contribution in [0.5, 0.6) is 5.88 Å². The third-order valence-corrected chi connectivity index (χ3v) is 1.88. The fraction of sp³-hybridized carbons (Fsp3) is 0.600. The summed E-state index contributed by atoms with van der Waals surface area (Å²) in [6.45, 7) is 7.16. The Morgan fingerprint density at radius 1 is 1.43 bits per heavy atom. The van der Waals surface area contributed by atoms with Crippen LogP contribution in [-0.4, -0.2) is 16.6 Å². The van der Waals surface area contributed by atoms with E-state index in [-0.39, 0.29) is 10.7 Å². The van der Waals surface area contributed by atoms with Gasteiger partial charge < -0.3 is 4.74 Å². The predicted octanol–water partition coefficient (Wildman–Crippen LogP) is 2.95. The average Bonchev–Trinajstić information content (AvgIpc) is 2.01. The lowest BCUT2D eigenvalue weighted by atomic mass is 9.93. The van der Waals surface area contributed by atoms with Crippen molar-refractivity contribution >= 4 is 11.6 Å². The first-order valence-electron chi connectivity index (χ1n) is 4.59. The molecule has 14 heavy (non-hydrogen) atoms. The van der Waals surface area contributed by atoms with Crippen LogP contribution in [0.25, 0.3) is 0 Å². The summed E-state index contributed by atoms with van der Waals surface area (Å²) in [7, 11) is 0. The van der Waals surface area contributed by atoms with E-state index in [2.05, 4.69) is 30.7 Å². The highest BCUT2D eigenvalue weighted by Crippen LogP contribution is 2.18. The molecule has 0 aliphatic rings. The molecule has 0 aliphatic heterocycles. The Morgan fingerprint density at radius 3 is 2.71 bits per heavy atom. The maximum Gasteiger partial charge on any atom is 0.225 e. The molecule has 0 radical (unpaired) electrons. The van der Waals surface area contributed by atoms with E-state index in [0.29, 0.717) is 12.5 Å². The molecular formula is C10H15ClN2O. The van der Waals surface area contributed by atoms with E-state index >= 15 is 0 Å². The minimum Gasteiger partial charge on any atom is -0.478 e. The van der Waals surface area contributed by atoms with E-state index in [1.165, 1.54) is 0 Å². The van der Waals surface area contributed by atoms with Crippen molar-refractivity contribution in [3.8, 4) is 5.88 Å². The van der Waals surface area contributed by atoms with Gasteiger partial charge in [-0.3, -0.25) is 0 Å². The monoisotopic (exact) mass is 214 g/mol. The fourth-order valence-electron chi connectivity index (χ4n) is 0.862. The molecule has 1 rings (SSSR count). The van der Waals surface area contributed by atoms with E-state index in [1.54, 1.807) is 12.3 Å². The minimum atomic E-state index is 0.221. The Labute approximate surface area is 89.5 Å². The van der Waals surface area contributed by atoms with Gasteiger partial charge in [0.25, 0.3) is 0 Å². The Bertz CT molecular complexity index is 296. The van der Waals surface area contributed by atoms with Crippen molar-refractivity contribution in [3.63, 3.8) is 0 Å². The predicted molar refractivity (Wildman–Crippen MR) is 56.6 cm³/mol. The number of ether oxygens (including phenoxy) is 1. The second-order valence-corrected chi connectivity index (χ2v) is 4.66. The summed E-state index contributed by atoms with van der Waals surface area (Å²) >= 11 is 5.61. The van der Waals surface area contributed by atoms with Crippen LogP contribution in [0.1, 0.15) is 27.2 Å². The number of rotatable bonds is 3.